The minimum absolute atomic E-state index is 0.184. The Morgan fingerprint density at radius 3 is 2.67 bits per heavy atom. The number of thioether (sulfide) groups is 1. The predicted molar refractivity (Wildman–Crippen MR) is 88.5 cm³/mol. The van der Waals surface area contributed by atoms with Gasteiger partial charge in [0, 0.05) is 17.7 Å². The number of nitrogens with zero attached hydrogens (tertiary/aromatic N) is 2. The second kappa shape index (κ2) is 7.63. The second-order valence-corrected chi connectivity index (χ2v) is 8.29. The molecular weight excluding hydrogens is 282 g/mol. The molecule has 0 aromatic carbocycles. The third-order valence-electron chi connectivity index (χ3n) is 4.14. The van der Waals surface area contributed by atoms with Gasteiger partial charge < -0.3 is 9.84 Å². The third-order valence-corrected chi connectivity index (χ3v) is 5.50. The van der Waals surface area contributed by atoms with E-state index in [2.05, 4.69) is 43.2 Å². The number of aromatic nitrogens is 2. The lowest BCUT2D eigenvalue weighted by molar-refractivity contribution is 0.247. The minimum atomic E-state index is 0.184. The van der Waals surface area contributed by atoms with Crippen LogP contribution in [0.1, 0.15) is 65.1 Å². The van der Waals surface area contributed by atoms with Gasteiger partial charge in [-0.05, 0) is 24.8 Å². The highest BCUT2D eigenvalue weighted by atomic mass is 32.2. The summed E-state index contributed by atoms with van der Waals surface area (Å²) < 4.78 is 5.44. The summed E-state index contributed by atoms with van der Waals surface area (Å²) in [7, 11) is 0. The van der Waals surface area contributed by atoms with Crippen molar-refractivity contribution in [2.24, 2.45) is 5.41 Å². The van der Waals surface area contributed by atoms with Crippen molar-refractivity contribution in [1.82, 2.24) is 15.5 Å². The molecule has 1 N–H and O–H groups in total. The topological polar surface area (TPSA) is 51.0 Å². The fraction of sp³-hybridized carbons (Fsp3) is 0.875. The van der Waals surface area contributed by atoms with Crippen LogP contribution >= 0.6 is 11.8 Å². The highest BCUT2D eigenvalue weighted by Gasteiger charge is 2.26. The summed E-state index contributed by atoms with van der Waals surface area (Å²) in [5, 5.41) is 8.46. The Balaban J connectivity index is 1.86. The average Bonchev–Trinajstić information content (AvgIpc) is 3.06. The molecule has 1 aliphatic carbocycles. The molecule has 2 rings (SSSR count). The molecular formula is C16H29N3OS. The van der Waals surface area contributed by atoms with Crippen molar-refractivity contribution in [2.75, 3.05) is 6.54 Å². The first-order valence-corrected chi connectivity index (χ1v) is 9.20. The van der Waals surface area contributed by atoms with Gasteiger partial charge in [-0.25, -0.2) is 0 Å². The monoisotopic (exact) mass is 311 g/mol. The van der Waals surface area contributed by atoms with Crippen molar-refractivity contribution in [3.05, 3.63) is 11.7 Å². The second-order valence-electron chi connectivity index (χ2n) is 7.00. The maximum Gasteiger partial charge on any atom is 0.228 e. The quantitative estimate of drug-likeness (QED) is 0.830. The SMILES string of the molecule is CCNC(Cc1nc(CSC2CCCC2)no1)C(C)(C)C. The third kappa shape index (κ3) is 5.29. The van der Waals surface area contributed by atoms with Crippen molar-refractivity contribution in [1.29, 1.82) is 0 Å². The van der Waals surface area contributed by atoms with E-state index in [-0.39, 0.29) is 5.41 Å². The summed E-state index contributed by atoms with van der Waals surface area (Å²) >= 11 is 1.98. The number of nitrogens with one attached hydrogen (secondary N) is 1. The van der Waals surface area contributed by atoms with Crippen molar-refractivity contribution in [3.63, 3.8) is 0 Å². The molecule has 5 heteroatoms. The van der Waals surface area contributed by atoms with Gasteiger partial charge in [0.25, 0.3) is 0 Å². The Hall–Kier alpha value is -0.550. The van der Waals surface area contributed by atoms with Crippen molar-refractivity contribution >= 4 is 11.8 Å². The molecule has 0 amide bonds. The first-order chi connectivity index (χ1) is 9.99. The van der Waals surface area contributed by atoms with Gasteiger partial charge >= 0.3 is 0 Å². The van der Waals surface area contributed by atoms with Crippen molar-refractivity contribution in [2.45, 2.75) is 76.8 Å². The van der Waals surface area contributed by atoms with Crippen LogP contribution in [0.3, 0.4) is 0 Å². The Morgan fingerprint density at radius 1 is 1.33 bits per heavy atom. The zero-order valence-electron chi connectivity index (χ0n) is 13.8. The fourth-order valence-corrected chi connectivity index (χ4v) is 3.95. The zero-order chi connectivity index (χ0) is 15.3. The van der Waals surface area contributed by atoms with Crippen LogP contribution in [-0.2, 0) is 12.2 Å². The largest absolute Gasteiger partial charge is 0.339 e. The minimum Gasteiger partial charge on any atom is -0.339 e. The van der Waals surface area contributed by atoms with Gasteiger partial charge in [0.05, 0.1) is 5.75 Å². The summed E-state index contributed by atoms with van der Waals surface area (Å²) in [5.74, 6) is 2.50. The standard InChI is InChI=1S/C16H29N3OS/c1-5-17-13(16(2,3)4)10-15-18-14(19-20-15)11-21-12-8-6-7-9-12/h12-13,17H,5-11H2,1-4H3. The van der Waals surface area contributed by atoms with Crippen LogP contribution in [0.2, 0.25) is 0 Å². The number of hydrogen-bond donors (Lipinski definition) is 1. The van der Waals surface area contributed by atoms with E-state index in [0.717, 1.165) is 35.7 Å². The summed E-state index contributed by atoms with van der Waals surface area (Å²) in [4.78, 5) is 4.57. The molecule has 0 radical (unpaired) electrons. The summed E-state index contributed by atoms with van der Waals surface area (Å²) in [5.41, 5.74) is 0.184. The van der Waals surface area contributed by atoms with E-state index in [1.165, 1.54) is 25.7 Å². The van der Waals surface area contributed by atoms with Crippen LogP contribution in [0.15, 0.2) is 4.52 Å². The Labute approximate surface area is 132 Å². The molecule has 120 valence electrons. The fourth-order valence-electron chi connectivity index (χ4n) is 2.78. The Kier molecular flexibility index (Phi) is 6.11. The number of hydrogen-bond acceptors (Lipinski definition) is 5. The lowest BCUT2D eigenvalue weighted by Gasteiger charge is -2.30. The first kappa shape index (κ1) is 16.8. The van der Waals surface area contributed by atoms with Gasteiger partial charge in [-0.2, -0.15) is 16.7 Å². The summed E-state index contributed by atoms with van der Waals surface area (Å²) in [6.45, 7) is 9.82. The molecule has 1 aliphatic rings. The van der Waals surface area contributed by atoms with Gasteiger partial charge in [-0.15, -0.1) is 0 Å². The molecule has 0 saturated heterocycles. The zero-order valence-corrected chi connectivity index (χ0v) is 14.6. The predicted octanol–water partition coefficient (Wildman–Crippen LogP) is 3.81. The maximum atomic E-state index is 5.44. The van der Waals surface area contributed by atoms with Gasteiger partial charge in [-0.1, -0.05) is 45.7 Å². The van der Waals surface area contributed by atoms with Crippen molar-refractivity contribution < 1.29 is 4.52 Å². The van der Waals surface area contributed by atoms with Crippen LogP contribution in [0.5, 0.6) is 0 Å². The van der Waals surface area contributed by atoms with Crippen LogP contribution in [0, 0.1) is 5.41 Å². The molecule has 1 aromatic rings. The van der Waals surface area contributed by atoms with Crippen LogP contribution in [0.25, 0.3) is 0 Å². The molecule has 1 fully saturated rings. The van der Waals surface area contributed by atoms with Crippen LogP contribution < -0.4 is 5.32 Å². The van der Waals surface area contributed by atoms with Crippen LogP contribution in [0.4, 0.5) is 0 Å². The molecule has 21 heavy (non-hydrogen) atoms. The molecule has 1 heterocycles. The molecule has 1 unspecified atom stereocenters. The number of likely N-dealkylation sites (N-methyl/N-ethyl adjacent to an activating group) is 1. The van der Waals surface area contributed by atoms with E-state index in [9.17, 15) is 0 Å². The maximum absolute atomic E-state index is 5.44. The van der Waals surface area contributed by atoms with E-state index >= 15 is 0 Å². The molecule has 0 aliphatic heterocycles. The molecule has 0 bridgehead atoms. The average molecular weight is 311 g/mol. The highest BCUT2D eigenvalue weighted by molar-refractivity contribution is 7.99. The normalized spacial score (nSPS) is 18.3. The van der Waals surface area contributed by atoms with Gasteiger partial charge in [0.1, 0.15) is 0 Å². The van der Waals surface area contributed by atoms with Gasteiger partial charge in [0.15, 0.2) is 5.82 Å². The lowest BCUT2D eigenvalue weighted by atomic mass is 9.84. The highest BCUT2D eigenvalue weighted by Crippen LogP contribution is 2.31. The lowest BCUT2D eigenvalue weighted by Crippen LogP contribution is -2.41. The molecule has 1 atom stereocenters. The van der Waals surface area contributed by atoms with Gasteiger partial charge in [0.2, 0.25) is 5.89 Å². The first-order valence-electron chi connectivity index (χ1n) is 8.15. The van der Waals surface area contributed by atoms with E-state index in [4.69, 9.17) is 4.52 Å². The Morgan fingerprint density at radius 2 is 2.05 bits per heavy atom. The molecule has 4 nitrogen and oxygen atoms in total. The van der Waals surface area contributed by atoms with E-state index in [1.807, 2.05) is 11.8 Å². The number of rotatable bonds is 7. The summed E-state index contributed by atoms with van der Waals surface area (Å²) in [6.07, 6.45) is 6.26. The van der Waals surface area contributed by atoms with Gasteiger partial charge in [-0.3, -0.25) is 0 Å². The van der Waals surface area contributed by atoms with E-state index in [1.54, 1.807) is 0 Å². The van der Waals surface area contributed by atoms with E-state index in [0.29, 0.717) is 6.04 Å². The summed E-state index contributed by atoms with van der Waals surface area (Å²) in [6, 6.07) is 0.360. The molecule has 1 saturated carbocycles. The smallest absolute Gasteiger partial charge is 0.228 e. The van der Waals surface area contributed by atoms with E-state index < -0.39 is 0 Å². The van der Waals surface area contributed by atoms with Crippen LogP contribution in [-0.4, -0.2) is 28.0 Å². The Bertz CT molecular complexity index is 421. The van der Waals surface area contributed by atoms with Crippen molar-refractivity contribution in [3.8, 4) is 0 Å². The molecule has 1 aromatic heterocycles. The molecule has 0 spiro atoms.